The predicted molar refractivity (Wildman–Crippen MR) is 92.2 cm³/mol. The third-order valence-corrected chi connectivity index (χ3v) is 5.05. The first kappa shape index (κ1) is 14.6. The summed E-state index contributed by atoms with van der Waals surface area (Å²) in [5.41, 5.74) is 4.05. The Morgan fingerprint density at radius 3 is 2.92 bits per heavy atom. The number of benzene rings is 2. The maximum atomic E-state index is 9.85. The third kappa shape index (κ3) is 2.21. The van der Waals surface area contributed by atoms with Gasteiger partial charge >= 0.3 is 0 Å². The van der Waals surface area contributed by atoms with Gasteiger partial charge in [-0.2, -0.15) is 5.26 Å². The summed E-state index contributed by atoms with van der Waals surface area (Å²) in [6, 6.07) is 13.7. The summed E-state index contributed by atoms with van der Waals surface area (Å²) in [5, 5.41) is 22.6. The van der Waals surface area contributed by atoms with Gasteiger partial charge in [0.2, 0.25) is 0 Å². The van der Waals surface area contributed by atoms with Crippen molar-refractivity contribution in [1.29, 1.82) is 5.26 Å². The number of rotatable bonds is 2. The Bertz CT molecular complexity index is 866. The molecule has 1 aliphatic carbocycles. The van der Waals surface area contributed by atoms with Gasteiger partial charge in [-0.3, -0.25) is 0 Å². The van der Waals surface area contributed by atoms with Gasteiger partial charge in [0.1, 0.15) is 0 Å². The molecule has 3 atom stereocenters. The first-order valence-corrected chi connectivity index (χ1v) is 8.05. The van der Waals surface area contributed by atoms with Crippen molar-refractivity contribution in [2.45, 2.75) is 18.4 Å². The number of ether oxygens (including phenoxy) is 1. The lowest BCUT2D eigenvalue weighted by molar-refractivity contribution is 0.370. The quantitative estimate of drug-likeness (QED) is 0.818. The Morgan fingerprint density at radius 1 is 1.25 bits per heavy atom. The number of aromatic hydroxyl groups is 1. The number of hydrogen-bond donors (Lipinski definition) is 2. The monoisotopic (exact) mass is 318 g/mol. The smallest absolute Gasteiger partial charge is 0.160 e. The highest BCUT2D eigenvalue weighted by molar-refractivity contribution is 5.62. The predicted octanol–water partition coefficient (Wildman–Crippen LogP) is 4.10. The van der Waals surface area contributed by atoms with E-state index in [1.54, 1.807) is 13.2 Å². The topological polar surface area (TPSA) is 65.3 Å². The van der Waals surface area contributed by atoms with Gasteiger partial charge in [0.25, 0.3) is 0 Å². The van der Waals surface area contributed by atoms with Crippen LogP contribution >= 0.6 is 0 Å². The van der Waals surface area contributed by atoms with E-state index in [4.69, 9.17) is 10.00 Å². The van der Waals surface area contributed by atoms with Crippen molar-refractivity contribution < 1.29 is 9.84 Å². The second kappa shape index (κ2) is 5.61. The number of allylic oxidation sites excluding steroid dienone is 2. The molecule has 1 aliphatic heterocycles. The molecular weight excluding hydrogens is 300 g/mol. The molecule has 0 radical (unpaired) electrons. The first-order valence-electron chi connectivity index (χ1n) is 8.05. The zero-order chi connectivity index (χ0) is 16.7. The number of hydrogen-bond acceptors (Lipinski definition) is 4. The van der Waals surface area contributed by atoms with Crippen LogP contribution < -0.4 is 10.1 Å². The fourth-order valence-corrected chi connectivity index (χ4v) is 3.88. The van der Waals surface area contributed by atoms with Crippen LogP contribution in [0.1, 0.15) is 35.1 Å². The molecule has 4 heteroatoms. The van der Waals surface area contributed by atoms with Crippen molar-refractivity contribution in [3.8, 4) is 17.6 Å². The van der Waals surface area contributed by atoms with Crippen LogP contribution in [0, 0.1) is 17.2 Å². The summed E-state index contributed by atoms with van der Waals surface area (Å²) >= 11 is 0. The maximum absolute atomic E-state index is 9.85. The molecule has 4 rings (SSSR count). The lowest BCUT2D eigenvalue weighted by Crippen LogP contribution is -2.29. The molecule has 120 valence electrons. The van der Waals surface area contributed by atoms with Crippen LogP contribution in [0.3, 0.4) is 0 Å². The average Bonchev–Trinajstić information content (AvgIpc) is 3.11. The first-order chi connectivity index (χ1) is 11.7. The van der Waals surface area contributed by atoms with Crippen molar-refractivity contribution >= 4 is 5.69 Å². The van der Waals surface area contributed by atoms with E-state index in [9.17, 15) is 5.11 Å². The molecule has 4 nitrogen and oxygen atoms in total. The second-order valence-corrected chi connectivity index (χ2v) is 6.32. The highest BCUT2D eigenvalue weighted by Crippen LogP contribution is 2.50. The number of nitrogens with one attached hydrogen (secondary N) is 1. The number of phenols is 1. The molecular formula is C20H18N2O2. The molecule has 2 N–H and O–H groups in total. The van der Waals surface area contributed by atoms with Crippen molar-refractivity contribution in [3.05, 3.63) is 65.2 Å². The van der Waals surface area contributed by atoms with Crippen molar-refractivity contribution in [3.63, 3.8) is 0 Å². The van der Waals surface area contributed by atoms with Gasteiger partial charge < -0.3 is 15.2 Å². The number of phenolic OH excluding ortho intramolecular Hbond substituents is 1. The Labute approximate surface area is 141 Å². The molecule has 2 aromatic carbocycles. The van der Waals surface area contributed by atoms with Gasteiger partial charge in [-0.05, 0) is 53.8 Å². The van der Waals surface area contributed by atoms with E-state index in [0.29, 0.717) is 23.1 Å². The van der Waals surface area contributed by atoms with Gasteiger partial charge in [-0.25, -0.2) is 0 Å². The second-order valence-electron chi connectivity index (χ2n) is 6.32. The molecule has 0 fully saturated rings. The maximum Gasteiger partial charge on any atom is 0.160 e. The fourth-order valence-electron chi connectivity index (χ4n) is 3.88. The summed E-state index contributed by atoms with van der Waals surface area (Å²) < 4.78 is 5.26. The number of methoxy groups -OCH3 is 1. The number of anilines is 1. The molecule has 0 amide bonds. The number of nitriles is 1. The Morgan fingerprint density at radius 2 is 2.12 bits per heavy atom. The average molecular weight is 318 g/mol. The SMILES string of the molecule is COc1cc(C2Nc3ccc(C#N)cc3C3C=CCC32)ccc1O. The fraction of sp³-hybridized carbons (Fsp3) is 0.250. The zero-order valence-corrected chi connectivity index (χ0v) is 13.4. The van der Waals surface area contributed by atoms with E-state index < -0.39 is 0 Å². The molecule has 3 unspecified atom stereocenters. The highest BCUT2D eigenvalue weighted by Gasteiger charge is 2.38. The van der Waals surface area contributed by atoms with Gasteiger partial charge in [0, 0.05) is 11.6 Å². The Kier molecular flexibility index (Phi) is 3.42. The molecule has 1 heterocycles. The van der Waals surface area contributed by atoms with Gasteiger partial charge in [0.15, 0.2) is 11.5 Å². The normalized spacial score (nSPS) is 23.8. The van der Waals surface area contributed by atoms with Crippen LogP contribution in [-0.2, 0) is 0 Å². The number of nitrogens with zero attached hydrogens (tertiary/aromatic N) is 1. The molecule has 0 aromatic heterocycles. The van der Waals surface area contributed by atoms with Crippen LogP contribution in [-0.4, -0.2) is 12.2 Å². The molecule has 0 saturated carbocycles. The molecule has 2 aliphatic rings. The minimum Gasteiger partial charge on any atom is -0.504 e. The van der Waals surface area contributed by atoms with E-state index >= 15 is 0 Å². The van der Waals surface area contributed by atoms with Crippen molar-refractivity contribution in [1.82, 2.24) is 0 Å². The van der Waals surface area contributed by atoms with E-state index in [-0.39, 0.29) is 11.8 Å². The Balaban J connectivity index is 1.78. The van der Waals surface area contributed by atoms with E-state index in [2.05, 4.69) is 23.5 Å². The molecule has 0 bridgehead atoms. The van der Waals surface area contributed by atoms with Crippen LogP contribution in [0.15, 0.2) is 48.6 Å². The van der Waals surface area contributed by atoms with E-state index in [1.165, 1.54) is 5.56 Å². The third-order valence-electron chi connectivity index (χ3n) is 5.05. The zero-order valence-electron chi connectivity index (χ0n) is 13.4. The summed E-state index contributed by atoms with van der Waals surface area (Å²) in [7, 11) is 1.56. The minimum atomic E-state index is 0.139. The largest absolute Gasteiger partial charge is 0.504 e. The number of fused-ring (bicyclic) bond motifs is 3. The Hall–Kier alpha value is -2.93. The lowest BCUT2D eigenvalue weighted by atomic mass is 9.76. The van der Waals surface area contributed by atoms with E-state index in [1.807, 2.05) is 30.3 Å². The molecule has 0 saturated heterocycles. The molecule has 24 heavy (non-hydrogen) atoms. The lowest BCUT2D eigenvalue weighted by Gasteiger charge is -2.37. The van der Waals surface area contributed by atoms with Crippen molar-refractivity contribution in [2.75, 3.05) is 12.4 Å². The molecule has 0 spiro atoms. The summed E-state index contributed by atoms with van der Waals surface area (Å²) in [5.74, 6) is 1.33. The van der Waals surface area contributed by atoms with Crippen molar-refractivity contribution in [2.24, 2.45) is 5.92 Å². The minimum absolute atomic E-state index is 0.139. The van der Waals surface area contributed by atoms with Crippen LogP contribution in [0.4, 0.5) is 5.69 Å². The van der Waals surface area contributed by atoms with Crippen LogP contribution in [0.25, 0.3) is 0 Å². The highest BCUT2D eigenvalue weighted by atomic mass is 16.5. The summed E-state index contributed by atoms with van der Waals surface area (Å²) in [4.78, 5) is 0. The van der Waals surface area contributed by atoms with Gasteiger partial charge in [-0.1, -0.05) is 18.2 Å². The van der Waals surface area contributed by atoms with Crippen LogP contribution in [0.2, 0.25) is 0 Å². The molecule has 2 aromatic rings. The van der Waals surface area contributed by atoms with Gasteiger partial charge in [-0.15, -0.1) is 0 Å². The summed E-state index contributed by atoms with van der Waals surface area (Å²) in [6.45, 7) is 0. The van der Waals surface area contributed by atoms with Crippen LogP contribution in [0.5, 0.6) is 11.5 Å². The standard InChI is InChI=1S/C20H18N2O2/c1-24-19-10-13(6-8-18(19)23)20-15-4-2-3-14(15)16-9-12(11-21)5-7-17(16)22-20/h2-3,5-10,14-15,20,22-23H,4H2,1H3. The van der Waals surface area contributed by atoms with E-state index in [0.717, 1.165) is 17.7 Å². The summed E-state index contributed by atoms with van der Waals surface area (Å²) in [6.07, 6.45) is 5.45. The van der Waals surface area contributed by atoms with Gasteiger partial charge in [0.05, 0.1) is 24.8 Å².